The molecule has 106 valence electrons. The van der Waals surface area contributed by atoms with Gasteiger partial charge in [0.05, 0.1) is 9.37 Å². The van der Waals surface area contributed by atoms with Gasteiger partial charge in [-0.1, -0.05) is 23.7 Å². The predicted octanol–water partition coefficient (Wildman–Crippen LogP) is 3.72. The normalized spacial score (nSPS) is 11.6. The SMILES string of the molecule is O=S(=O)(NCc1ccc(Cl)cc1)c1ccc(Br)c(F)c1. The van der Waals surface area contributed by atoms with Crippen LogP contribution in [0.1, 0.15) is 5.56 Å². The molecule has 0 atom stereocenters. The largest absolute Gasteiger partial charge is 0.240 e. The zero-order valence-electron chi connectivity index (χ0n) is 10.1. The van der Waals surface area contributed by atoms with Crippen LogP contribution in [0.25, 0.3) is 0 Å². The van der Waals surface area contributed by atoms with Crippen LogP contribution in [-0.2, 0) is 16.6 Å². The van der Waals surface area contributed by atoms with Crippen molar-refractivity contribution in [1.82, 2.24) is 4.72 Å². The van der Waals surface area contributed by atoms with Crippen LogP contribution in [0.3, 0.4) is 0 Å². The summed E-state index contributed by atoms with van der Waals surface area (Å²) < 4.78 is 40.0. The molecule has 7 heteroatoms. The number of benzene rings is 2. The third-order valence-electron chi connectivity index (χ3n) is 2.58. The van der Waals surface area contributed by atoms with E-state index < -0.39 is 15.8 Å². The number of nitrogens with one attached hydrogen (secondary N) is 1. The van der Waals surface area contributed by atoms with Gasteiger partial charge in [-0.15, -0.1) is 0 Å². The Balaban J connectivity index is 2.14. The van der Waals surface area contributed by atoms with Gasteiger partial charge in [0.25, 0.3) is 0 Å². The standard InChI is InChI=1S/C13H10BrClFNO2S/c14-12-6-5-11(7-13(12)16)20(18,19)17-8-9-1-3-10(15)4-2-9/h1-7,17H,8H2. The highest BCUT2D eigenvalue weighted by atomic mass is 79.9. The fourth-order valence-electron chi connectivity index (χ4n) is 1.51. The molecule has 1 N–H and O–H groups in total. The summed E-state index contributed by atoms with van der Waals surface area (Å²) in [5.74, 6) is -0.626. The molecule has 3 nitrogen and oxygen atoms in total. The van der Waals surface area contributed by atoms with E-state index in [2.05, 4.69) is 20.7 Å². The zero-order chi connectivity index (χ0) is 14.8. The average molecular weight is 379 g/mol. The van der Waals surface area contributed by atoms with E-state index in [1.807, 2.05) is 0 Å². The quantitative estimate of drug-likeness (QED) is 0.881. The molecule has 0 aliphatic heterocycles. The molecule has 2 aromatic rings. The molecule has 0 amide bonds. The molecule has 0 heterocycles. The van der Waals surface area contributed by atoms with E-state index in [0.29, 0.717) is 5.02 Å². The Hall–Kier alpha value is -0.950. The fraction of sp³-hybridized carbons (Fsp3) is 0.0769. The van der Waals surface area contributed by atoms with Crippen LogP contribution in [0.5, 0.6) is 0 Å². The first-order valence-electron chi connectivity index (χ1n) is 5.58. The summed E-state index contributed by atoms with van der Waals surface area (Å²) in [6, 6.07) is 10.4. The molecular weight excluding hydrogens is 369 g/mol. The van der Waals surface area contributed by atoms with Crippen molar-refractivity contribution in [2.75, 3.05) is 0 Å². The lowest BCUT2D eigenvalue weighted by Crippen LogP contribution is -2.23. The van der Waals surface area contributed by atoms with Crippen LogP contribution in [0.4, 0.5) is 4.39 Å². The number of halogens is 3. The van der Waals surface area contributed by atoms with Crippen molar-refractivity contribution in [1.29, 1.82) is 0 Å². The summed E-state index contributed by atoms with van der Waals surface area (Å²) in [6.45, 7) is 0.108. The van der Waals surface area contributed by atoms with Crippen molar-refractivity contribution in [2.45, 2.75) is 11.4 Å². The van der Waals surface area contributed by atoms with E-state index >= 15 is 0 Å². The average Bonchev–Trinajstić information content (AvgIpc) is 2.41. The molecule has 2 aromatic carbocycles. The molecule has 0 unspecified atom stereocenters. The highest BCUT2D eigenvalue weighted by Gasteiger charge is 2.15. The van der Waals surface area contributed by atoms with Crippen LogP contribution in [0, 0.1) is 5.82 Å². The van der Waals surface area contributed by atoms with Gasteiger partial charge in [-0.3, -0.25) is 0 Å². The molecule has 0 radical (unpaired) electrons. The Labute approximate surface area is 130 Å². The molecule has 0 bridgehead atoms. The maximum Gasteiger partial charge on any atom is 0.240 e. The van der Waals surface area contributed by atoms with E-state index in [-0.39, 0.29) is 15.9 Å². The maximum absolute atomic E-state index is 13.4. The van der Waals surface area contributed by atoms with Crippen molar-refractivity contribution in [3.05, 3.63) is 63.3 Å². The van der Waals surface area contributed by atoms with Crippen LogP contribution >= 0.6 is 27.5 Å². The lowest BCUT2D eigenvalue weighted by molar-refractivity contribution is 0.576. The summed E-state index contributed by atoms with van der Waals surface area (Å²) in [6.07, 6.45) is 0. The minimum absolute atomic E-state index is 0.108. The van der Waals surface area contributed by atoms with Gasteiger partial charge in [0.1, 0.15) is 5.82 Å². The third-order valence-corrected chi connectivity index (χ3v) is 4.87. The van der Waals surface area contributed by atoms with Gasteiger partial charge in [-0.25, -0.2) is 17.5 Å². The molecule has 0 fully saturated rings. The van der Waals surface area contributed by atoms with Crippen LogP contribution in [0.2, 0.25) is 5.02 Å². The topological polar surface area (TPSA) is 46.2 Å². The van der Waals surface area contributed by atoms with Crippen LogP contribution in [0.15, 0.2) is 51.8 Å². The highest BCUT2D eigenvalue weighted by molar-refractivity contribution is 9.10. The molecule has 0 saturated carbocycles. The Morgan fingerprint density at radius 1 is 1.15 bits per heavy atom. The second kappa shape index (κ2) is 6.22. The van der Waals surface area contributed by atoms with Crippen molar-refractivity contribution in [3.8, 4) is 0 Å². The Morgan fingerprint density at radius 3 is 2.40 bits per heavy atom. The lowest BCUT2D eigenvalue weighted by Gasteiger charge is -2.07. The van der Waals surface area contributed by atoms with Gasteiger partial charge >= 0.3 is 0 Å². The zero-order valence-corrected chi connectivity index (χ0v) is 13.3. The molecule has 2 rings (SSSR count). The first-order valence-corrected chi connectivity index (χ1v) is 8.23. The smallest absolute Gasteiger partial charge is 0.207 e. The summed E-state index contributed by atoms with van der Waals surface area (Å²) in [7, 11) is -3.75. The van der Waals surface area contributed by atoms with Gasteiger partial charge in [0.2, 0.25) is 10.0 Å². The van der Waals surface area contributed by atoms with Crippen LogP contribution < -0.4 is 4.72 Å². The maximum atomic E-state index is 13.4. The van der Waals surface area contributed by atoms with E-state index in [1.54, 1.807) is 24.3 Å². The second-order valence-corrected chi connectivity index (χ2v) is 7.08. The third kappa shape index (κ3) is 3.79. The predicted molar refractivity (Wildman–Crippen MR) is 79.6 cm³/mol. The van der Waals surface area contributed by atoms with Gasteiger partial charge in [-0.2, -0.15) is 0 Å². The van der Waals surface area contributed by atoms with Crippen molar-refractivity contribution in [3.63, 3.8) is 0 Å². The molecule has 0 saturated heterocycles. The number of hydrogen-bond donors (Lipinski definition) is 1. The van der Waals surface area contributed by atoms with Crippen molar-refractivity contribution < 1.29 is 12.8 Å². The molecule has 0 aliphatic rings. The first kappa shape index (κ1) is 15.4. The Kier molecular flexibility index (Phi) is 4.80. The highest BCUT2D eigenvalue weighted by Crippen LogP contribution is 2.19. The van der Waals surface area contributed by atoms with Gasteiger partial charge in [-0.05, 0) is 51.8 Å². The summed E-state index contributed by atoms with van der Waals surface area (Å²) >= 11 is 8.72. The molecule has 0 aliphatic carbocycles. The Morgan fingerprint density at radius 2 is 1.80 bits per heavy atom. The van der Waals surface area contributed by atoms with E-state index in [0.717, 1.165) is 11.6 Å². The summed E-state index contributed by atoms with van der Waals surface area (Å²) in [5.41, 5.74) is 0.760. The second-order valence-electron chi connectivity index (χ2n) is 4.03. The monoisotopic (exact) mass is 377 g/mol. The van der Waals surface area contributed by atoms with Crippen molar-refractivity contribution >= 4 is 37.6 Å². The van der Waals surface area contributed by atoms with E-state index in [4.69, 9.17) is 11.6 Å². The Bertz CT molecular complexity index is 720. The molecule has 20 heavy (non-hydrogen) atoms. The lowest BCUT2D eigenvalue weighted by atomic mass is 10.2. The minimum atomic E-state index is -3.75. The fourth-order valence-corrected chi connectivity index (χ4v) is 2.91. The van der Waals surface area contributed by atoms with Crippen molar-refractivity contribution in [2.24, 2.45) is 0 Å². The van der Waals surface area contributed by atoms with E-state index in [9.17, 15) is 12.8 Å². The van der Waals surface area contributed by atoms with E-state index in [1.165, 1.54) is 12.1 Å². The van der Waals surface area contributed by atoms with Gasteiger partial charge < -0.3 is 0 Å². The number of hydrogen-bond acceptors (Lipinski definition) is 2. The van der Waals surface area contributed by atoms with Crippen LogP contribution in [-0.4, -0.2) is 8.42 Å². The molecular formula is C13H10BrClFNO2S. The molecule has 0 spiro atoms. The first-order chi connectivity index (χ1) is 9.38. The minimum Gasteiger partial charge on any atom is -0.207 e. The summed E-state index contributed by atoms with van der Waals surface area (Å²) in [4.78, 5) is -0.118. The molecule has 0 aromatic heterocycles. The van der Waals surface area contributed by atoms with Gasteiger partial charge in [0.15, 0.2) is 0 Å². The van der Waals surface area contributed by atoms with Gasteiger partial charge in [0, 0.05) is 11.6 Å². The number of rotatable bonds is 4. The summed E-state index contributed by atoms with van der Waals surface area (Å²) in [5, 5.41) is 0.576. The number of sulfonamides is 1.